The van der Waals surface area contributed by atoms with Gasteiger partial charge < -0.3 is 9.47 Å². The van der Waals surface area contributed by atoms with Gasteiger partial charge >= 0.3 is 0 Å². The minimum absolute atomic E-state index is 0.0242. The van der Waals surface area contributed by atoms with E-state index in [1.54, 1.807) is 0 Å². The van der Waals surface area contributed by atoms with Crippen LogP contribution in [0.2, 0.25) is 0 Å². The van der Waals surface area contributed by atoms with Crippen LogP contribution in [-0.4, -0.2) is 43.0 Å². The van der Waals surface area contributed by atoms with Gasteiger partial charge in [-0.3, -0.25) is 4.90 Å². The molecule has 0 aromatic carbocycles. The minimum Gasteiger partial charge on any atom is -0.373 e. The van der Waals surface area contributed by atoms with Crippen molar-refractivity contribution in [1.29, 1.82) is 0 Å². The zero-order valence-electron chi connectivity index (χ0n) is 9.17. The number of morpholine rings is 1. The second-order valence-corrected chi connectivity index (χ2v) is 4.13. The molecular formula is C10H21NO2. The maximum absolute atomic E-state index is 5.63. The molecule has 0 aromatic rings. The van der Waals surface area contributed by atoms with Crippen molar-refractivity contribution in [2.75, 3.05) is 26.3 Å². The van der Waals surface area contributed by atoms with Gasteiger partial charge in [0.05, 0.1) is 12.2 Å². The van der Waals surface area contributed by atoms with Gasteiger partial charge in [-0.15, -0.1) is 0 Å². The summed E-state index contributed by atoms with van der Waals surface area (Å²) in [4.78, 5) is 2.33. The topological polar surface area (TPSA) is 21.7 Å². The van der Waals surface area contributed by atoms with Crippen LogP contribution in [-0.2, 0) is 9.47 Å². The first kappa shape index (κ1) is 11.0. The molecule has 1 aliphatic heterocycles. The summed E-state index contributed by atoms with van der Waals surface area (Å²) in [6.07, 6.45) is 0.216. The van der Waals surface area contributed by atoms with E-state index in [4.69, 9.17) is 9.47 Å². The standard InChI is InChI=1S/C10H21NO2/c1-5-12-9(2)11-6-7-13-10(3,4)8-11/h9H,5-8H2,1-4H3. The lowest BCUT2D eigenvalue weighted by molar-refractivity contribution is -0.141. The number of rotatable bonds is 3. The lowest BCUT2D eigenvalue weighted by Crippen LogP contribution is -2.52. The Balaban J connectivity index is 2.42. The summed E-state index contributed by atoms with van der Waals surface area (Å²) in [5.41, 5.74) is -0.0242. The van der Waals surface area contributed by atoms with Gasteiger partial charge in [0.2, 0.25) is 0 Å². The van der Waals surface area contributed by atoms with E-state index in [1.807, 2.05) is 6.92 Å². The van der Waals surface area contributed by atoms with Crippen LogP contribution in [0, 0.1) is 0 Å². The summed E-state index contributed by atoms with van der Waals surface area (Å²) in [5, 5.41) is 0. The van der Waals surface area contributed by atoms with Crippen LogP contribution in [0.15, 0.2) is 0 Å². The van der Waals surface area contributed by atoms with E-state index in [2.05, 4.69) is 25.7 Å². The molecule has 0 aromatic heterocycles. The van der Waals surface area contributed by atoms with E-state index >= 15 is 0 Å². The monoisotopic (exact) mass is 187 g/mol. The fourth-order valence-corrected chi connectivity index (χ4v) is 1.71. The van der Waals surface area contributed by atoms with Gasteiger partial charge in [0.1, 0.15) is 6.23 Å². The van der Waals surface area contributed by atoms with Gasteiger partial charge in [0.25, 0.3) is 0 Å². The molecule has 1 rings (SSSR count). The summed E-state index contributed by atoms with van der Waals surface area (Å²) in [6.45, 7) is 11.9. The number of nitrogens with zero attached hydrogens (tertiary/aromatic N) is 1. The van der Waals surface area contributed by atoms with E-state index in [1.165, 1.54) is 0 Å². The molecule has 0 bridgehead atoms. The molecule has 1 aliphatic rings. The number of hydrogen-bond donors (Lipinski definition) is 0. The average molecular weight is 187 g/mol. The van der Waals surface area contributed by atoms with E-state index in [0.717, 1.165) is 26.3 Å². The molecule has 1 heterocycles. The molecule has 78 valence electrons. The SMILES string of the molecule is CCOC(C)N1CCOC(C)(C)C1. The molecule has 0 spiro atoms. The molecule has 0 radical (unpaired) electrons. The van der Waals surface area contributed by atoms with Crippen molar-refractivity contribution < 1.29 is 9.47 Å². The third-order valence-electron chi connectivity index (χ3n) is 2.38. The molecule has 1 unspecified atom stereocenters. The second kappa shape index (κ2) is 4.40. The molecular weight excluding hydrogens is 166 g/mol. The zero-order chi connectivity index (χ0) is 9.90. The van der Waals surface area contributed by atoms with Crippen molar-refractivity contribution in [2.24, 2.45) is 0 Å². The van der Waals surface area contributed by atoms with Crippen LogP contribution in [0.3, 0.4) is 0 Å². The Labute approximate surface area is 81.0 Å². The number of hydrogen-bond acceptors (Lipinski definition) is 3. The highest BCUT2D eigenvalue weighted by atomic mass is 16.5. The Morgan fingerprint density at radius 2 is 2.23 bits per heavy atom. The lowest BCUT2D eigenvalue weighted by atomic mass is 10.1. The molecule has 3 nitrogen and oxygen atoms in total. The maximum Gasteiger partial charge on any atom is 0.107 e. The predicted molar refractivity (Wildman–Crippen MR) is 52.7 cm³/mol. The highest BCUT2D eigenvalue weighted by molar-refractivity contribution is 4.79. The van der Waals surface area contributed by atoms with Crippen molar-refractivity contribution in [1.82, 2.24) is 4.90 Å². The molecule has 1 fully saturated rings. The average Bonchev–Trinajstić information content (AvgIpc) is 2.03. The molecule has 0 amide bonds. The van der Waals surface area contributed by atoms with E-state index < -0.39 is 0 Å². The zero-order valence-corrected chi connectivity index (χ0v) is 9.17. The Kier molecular flexibility index (Phi) is 3.71. The van der Waals surface area contributed by atoms with Crippen LogP contribution in [0.1, 0.15) is 27.7 Å². The van der Waals surface area contributed by atoms with Crippen LogP contribution >= 0.6 is 0 Å². The summed E-state index contributed by atoms with van der Waals surface area (Å²) < 4.78 is 11.2. The van der Waals surface area contributed by atoms with Gasteiger partial charge in [-0.25, -0.2) is 0 Å². The first-order valence-electron chi connectivity index (χ1n) is 5.05. The summed E-state index contributed by atoms with van der Waals surface area (Å²) in [6, 6.07) is 0. The van der Waals surface area contributed by atoms with Gasteiger partial charge in [-0.1, -0.05) is 0 Å². The van der Waals surface area contributed by atoms with Gasteiger partial charge in [0.15, 0.2) is 0 Å². The lowest BCUT2D eigenvalue weighted by Gasteiger charge is -2.40. The summed E-state index contributed by atoms with van der Waals surface area (Å²) in [7, 11) is 0. The second-order valence-electron chi connectivity index (χ2n) is 4.13. The molecule has 13 heavy (non-hydrogen) atoms. The van der Waals surface area contributed by atoms with Crippen LogP contribution in [0.25, 0.3) is 0 Å². The van der Waals surface area contributed by atoms with Gasteiger partial charge in [-0.05, 0) is 27.7 Å². The quantitative estimate of drug-likeness (QED) is 0.668. The van der Waals surface area contributed by atoms with E-state index in [-0.39, 0.29) is 11.8 Å². The highest BCUT2D eigenvalue weighted by Gasteiger charge is 2.29. The Morgan fingerprint density at radius 1 is 1.54 bits per heavy atom. The first-order valence-corrected chi connectivity index (χ1v) is 5.05. The Bertz CT molecular complexity index is 159. The van der Waals surface area contributed by atoms with Crippen molar-refractivity contribution in [3.63, 3.8) is 0 Å². The van der Waals surface area contributed by atoms with Crippen molar-refractivity contribution in [3.05, 3.63) is 0 Å². The summed E-state index contributed by atoms with van der Waals surface area (Å²) in [5.74, 6) is 0. The van der Waals surface area contributed by atoms with Crippen LogP contribution in [0.5, 0.6) is 0 Å². The maximum atomic E-state index is 5.63. The van der Waals surface area contributed by atoms with Crippen LogP contribution in [0.4, 0.5) is 0 Å². The Morgan fingerprint density at radius 3 is 2.77 bits per heavy atom. The predicted octanol–water partition coefficient (Wildman–Crippen LogP) is 1.48. The normalized spacial score (nSPS) is 25.8. The first-order chi connectivity index (χ1) is 6.05. The van der Waals surface area contributed by atoms with E-state index in [9.17, 15) is 0 Å². The van der Waals surface area contributed by atoms with Gasteiger partial charge in [-0.2, -0.15) is 0 Å². The van der Waals surface area contributed by atoms with Crippen molar-refractivity contribution >= 4 is 0 Å². The molecule has 1 atom stereocenters. The van der Waals surface area contributed by atoms with Crippen LogP contribution < -0.4 is 0 Å². The Hall–Kier alpha value is -0.120. The van der Waals surface area contributed by atoms with Gasteiger partial charge in [0, 0.05) is 19.7 Å². The molecule has 3 heteroatoms. The fourth-order valence-electron chi connectivity index (χ4n) is 1.71. The van der Waals surface area contributed by atoms with Crippen molar-refractivity contribution in [2.45, 2.75) is 39.5 Å². The fraction of sp³-hybridized carbons (Fsp3) is 1.00. The molecule has 0 N–H and O–H groups in total. The third kappa shape index (κ3) is 3.25. The molecule has 1 saturated heterocycles. The minimum atomic E-state index is -0.0242. The third-order valence-corrected chi connectivity index (χ3v) is 2.38. The van der Waals surface area contributed by atoms with Crippen molar-refractivity contribution in [3.8, 4) is 0 Å². The smallest absolute Gasteiger partial charge is 0.107 e. The van der Waals surface area contributed by atoms with E-state index in [0.29, 0.717) is 0 Å². The molecule has 0 aliphatic carbocycles. The number of ether oxygens (including phenoxy) is 2. The highest BCUT2D eigenvalue weighted by Crippen LogP contribution is 2.18. The largest absolute Gasteiger partial charge is 0.373 e. The molecule has 0 saturated carbocycles. The summed E-state index contributed by atoms with van der Waals surface area (Å²) >= 11 is 0.